The standard InChI is InChI=1S/C17H27FN2O2/c18-17(4-3-5-17)15(21)20-10-6-16(7-11-20)12-14(13-22-16)19-8-1-2-9-19/h14H,1-13H2/t14-/m0/s1. The first-order valence-electron chi connectivity index (χ1n) is 8.97. The van der Waals surface area contributed by atoms with Crippen LogP contribution in [0.4, 0.5) is 4.39 Å². The maximum absolute atomic E-state index is 14.3. The number of halogens is 1. The Labute approximate surface area is 132 Å². The third kappa shape index (κ3) is 2.46. The van der Waals surface area contributed by atoms with Crippen LogP contribution in [0.3, 0.4) is 0 Å². The van der Waals surface area contributed by atoms with Crippen LogP contribution in [-0.2, 0) is 9.53 Å². The second-order valence-electron chi connectivity index (χ2n) is 7.71. The van der Waals surface area contributed by atoms with Crippen LogP contribution in [0.2, 0.25) is 0 Å². The van der Waals surface area contributed by atoms with Crippen molar-refractivity contribution in [3.63, 3.8) is 0 Å². The number of rotatable bonds is 2. The van der Waals surface area contributed by atoms with Gasteiger partial charge in [0.2, 0.25) is 0 Å². The van der Waals surface area contributed by atoms with E-state index in [1.165, 1.54) is 25.9 Å². The van der Waals surface area contributed by atoms with Crippen molar-refractivity contribution in [2.24, 2.45) is 0 Å². The van der Waals surface area contributed by atoms with Crippen molar-refractivity contribution in [2.75, 3.05) is 32.8 Å². The molecule has 3 heterocycles. The maximum Gasteiger partial charge on any atom is 0.260 e. The topological polar surface area (TPSA) is 32.8 Å². The lowest BCUT2D eigenvalue weighted by atomic mass is 9.79. The number of piperidine rings is 1. The average molecular weight is 310 g/mol. The lowest BCUT2D eigenvalue weighted by Gasteiger charge is -2.43. The van der Waals surface area contributed by atoms with Crippen LogP contribution in [0.1, 0.15) is 51.4 Å². The molecule has 4 aliphatic rings. The van der Waals surface area contributed by atoms with Crippen molar-refractivity contribution in [3.05, 3.63) is 0 Å². The number of ether oxygens (including phenoxy) is 1. The third-order valence-electron chi connectivity index (χ3n) is 6.34. The summed E-state index contributed by atoms with van der Waals surface area (Å²) in [6, 6.07) is 0.559. The second-order valence-corrected chi connectivity index (χ2v) is 7.71. The third-order valence-corrected chi connectivity index (χ3v) is 6.34. The molecule has 4 fully saturated rings. The summed E-state index contributed by atoms with van der Waals surface area (Å²) in [5.74, 6) is -0.261. The zero-order valence-electron chi connectivity index (χ0n) is 13.4. The molecule has 1 spiro atoms. The molecule has 0 unspecified atom stereocenters. The lowest BCUT2D eigenvalue weighted by Crippen LogP contribution is -2.55. The Morgan fingerprint density at radius 3 is 2.27 bits per heavy atom. The van der Waals surface area contributed by atoms with Crippen molar-refractivity contribution in [3.8, 4) is 0 Å². The fourth-order valence-electron chi connectivity index (χ4n) is 4.61. The van der Waals surface area contributed by atoms with E-state index in [2.05, 4.69) is 4.90 Å². The van der Waals surface area contributed by atoms with Gasteiger partial charge in [-0.05, 0) is 64.5 Å². The Hall–Kier alpha value is -0.680. The molecule has 4 nitrogen and oxygen atoms in total. The Morgan fingerprint density at radius 2 is 1.68 bits per heavy atom. The molecule has 0 radical (unpaired) electrons. The smallest absolute Gasteiger partial charge is 0.260 e. The summed E-state index contributed by atoms with van der Waals surface area (Å²) in [6.07, 6.45) is 7.14. The normalized spacial score (nSPS) is 34.0. The van der Waals surface area contributed by atoms with E-state index >= 15 is 0 Å². The van der Waals surface area contributed by atoms with E-state index in [1.807, 2.05) is 0 Å². The molecule has 1 saturated carbocycles. The van der Waals surface area contributed by atoms with Crippen LogP contribution < -0.4 is 0 Å². The molecule has 124 valence electrons. The summed E-state index contributed by atoms with van der Waals surface area (Å²) >= 11 is 0. The van der Waals surface area contributed by atoms with E-state index in [0.717, 1.165) is 32.3 Å². The molecule has 5 heteroatoms. The molecule has 1 aliphatic carbocycles. The molecule has 3 saturated heterocycles. The van der Waals surface area contributed by atoms with Crippen molar-refractivity contribution in [1.29, 1.82) is 0 Å². The number of hydrogen-bond acceptors (Lipinski definition) is 3. The van der Waals surface area contributed by atoms with Crippen LogP contribution in [0.15, 0.2) is 0 Å². The molecular formula is C17H27FN2O2. The van der Waals surface area contributed by atoms with E-state index in [1.54, 1.807) is 4.90 Å². The van der Waals surface area contributed by atoms with Crippen LogP contribution in [-0.4, -0.2) is 65.8 Å². The molecule has 4 rings (SSSR count). The fourth-order valence-corrected chi connectivity index (χ4v) is 4.61. The molecule has 0 N–H and O–H groups in total. The Bertz CT molecular complexity index is 438. The quantitative estimate of drug-likeness (QED) is 0.783. The Kier molecular flexibility index (Phi) is 3.68. The largest absolute Gasteiger partial charge is 0.373 e. The van der Waals surface area contributed by atoms with E-state index in [0.29, 0.717) is 32.0 Å². The number of carbonyl (C=O) groups is 1. The highest BCUT2D eigenvalue weighted by Crippen LogP contribution is 2.41. The van der Waals surface area contributed by atoms with Crippen molar-refractivity contribution in [1.82, 2.24) is 9.80 Å². The van der Waals surface area contributed by atoms with Gasteiger partial charge >= 0.3 is 0 Å². The van der Waals surface area contributed by atoms with Gasteiger partial charge in [0.25, 0.3) is 5.91 Å². The number of carbonyl (C=O) groups excluding carboxylic acids is 1. The lowest BCUT2D eigenvalue weighted by molar-refractivity contribution is -0.154. The zero-order chi connectivity index (χ0) is 15.2. The van der Waals surface area contributed by atoms with Gasteiger partial charge in [0, 0.05) is 19.1 Å². The number of likely N-dealkylation sites (tertiary alicyclic amines) is 2. The summed E-state index contributed by atoms with van der Waals surface area (Å²) in [5, 5.41) is 0. The summed E-state index contributed by atoms with van der Waals surface area (Å²) in [7, 11) is 0. The molecular weight excluding hydrogens is 283 g/mol. The van der Waals surface area contributed by atoms with Gasteiger partial charge in [0.05, 0.1) is 12.2 Å². The maximum atomic E-state index is 14.3. The van der Waals surface area contributed by atoms with E-state index in [4.69, 9.17) is 4.74 Å². The van der Waals surface area contributed by atoms with Crippen LogP contribution >= 0.6 is 0 Å². The molecule has 22 heavy (non-hydrogen) atoms. The summed E-state index contributed by atoms with van der Waals surface area (Å²) < 4.78 is 20.5. The predicted octanol–water partition coefficient (Wildman–Crippen LogP) is 2.12. The second kappa shape index (κ2) is 5.45. The van der Waals surface area contributed by atoms with Crippen LogP contribution in [0, 0.1) is 0 Å². The minimum absolute atomic E-state index is 0.0485. The molecule has 0 bridgehead atoms. The van der Waals surface area contributed by atoms with E-state index in [-0.39, 0.29) is 11.5 Å². The monoisotopic (exact) mass is 310 g/mol. The number of amides is 1. The van der Waals surface area contributed by atoms with Gasteiger partial charge < -0.3 is 9.64 Å². The minimum atomic E-state index is -1.54. The number of alkyl halides is 1. The minimum Gasteiger partial charge on any atom is -0.373 e. The van der Waals surface area contributed by atoms with Crippen molar-refractivity contribution >= 4 is 5.91 Å². The van der Waals surface area contributed by atoms with Gasteiger partial charge in [-0.2, -0.15) is 0 Å². The summed E-state index contributed by atoms with van der Waals surface area (Å²) in [4.78, 5) is 16.6. The summed E-state index contributed by atoms with van der Waals surface area (Å²) in [5.41, 5.74) is -1.59. The highest BCUT2D eigenvalue weighted by molar-refractivity contribution is 5.86. The SMILES string of the molecule is O=C(N1CCC2(CC1)C[C@H](N1CCCC1)CO2)C1(F)CCC1. The first kappa shape index (κ1) is 14.9. The highest BCUT2D eigenvalue weighted by atomic mass is 19.1. The first-order valence-corrected chi connectivity index (χ1v) is 8.97. The number of nitrogens with zero attached hydrogens (tertiary/aromatic N) is 2. The van der Waals surface area contributed by atoms with Crippen LogP contribution in [0.5, 0.6) is 0 Å². The van der Waals surface area contributed by atoms with Gasteiger partial charge in [-0.3, -0.25) is 9.69 Å². The van der Waals surface area contributed by atoms with Gasteiger partial charge in [-0.1, -0.05) is 0 Å². The molecule has 1 atom stereocenters. The molecule has 3 aliphatic heterocycles. The highest BCUT2D eigenvalue weighted by Gasteiger charge is 2.50. The van der Waals surface area contributed by atoms with Gasteiger partial charge in [0.1, 0.15) is 0 Å². The zero-order valence-corrected chi connectivity index (χ0v) is 13.4. The Morgan fingerprint density at radius 1 is 1.00 bits per heavy atom. The average Bonchev–Trinajstić information content (AvgIpc) is 3.15. The van der Waals surface area contributed by atoms with Crippen LogP contribution in [0.25, 0.3) is 0 Å². The van der Waals surface area contributed by atoms with Crippen molar-refractivity contribution in [2.45, 2.75) is 68.7 Å². The molecule has 0 aromatic heterocycles. The molecule has 1 amide bonds. The van der Waals surface area contributed by atoms with E-state index < -0.39 is 5.67 Å². The van der Waals surface area contributed by atoms with Gasteiger partial charge in [-0.25, -0.2) is 4.39 Å². The molecule has 0 aromatic carbocycles. The van der Waals surface area contributed by atoms with E-state index in [9.17, 15) is 9.18 Å². The first-order chi connectivity index (χ1) is 10.6. The summed E-state index contributed by atoms with van der Waals surface area (Å²) in [6.45, 7) is 4.58. The van der Waals surface area contributed by atoms with Gasteiger partial charge in [-0.15, -0.1) is 0 Å². The fraction of sp³-hybridized carbons (Fsp3) is 0.941. The molecule has 0 aromatic rings. The van der Waals surface area contributed by atoms with Gasteiger partial charge in [0.15, 0.2) is 5.67 Å². The Balaban J connectivity index is 1.33. The van der Waals surface area contributed by atoms with Crippen molar-refractivity contribution < 1.29 is 13.9 Å². The predicted molar refractivity (Wildman–Crippen MR) is 81.4 cm³/mol. The number of hydrogen-bond donors (Lipinski definition) is 0.